The van der Waals surface area contributed by atoms with Gasteiger partial charge in [0.1, 0.15) is 23.5 Å². The molecule has 7 heteroatoms. The Labute approximate surface area is 190 Å². The number of benzene rings is 3. The molecular formula is C24H21Cl2FN2O2. The molecule has 0 saturated carbocycles. The topological polar surface area (TPSA) is 53.5 Å². The van der Waals surface area contributed by atoms with Gasteiger partial charge in [-0.05, 0) is 73.2 Å². The van der Waals surface area contributed by atoms with E-state index in [4.69, 9.17) is 27.9 Å². The van der Waals surface area contributed by atoms with Crippen molar-refractivity contribution >= 4 is 28.9 Å². The Morgan fingerprint density at radius 2 is 1.84 bits per heavy atom. The van der Waals surface area contributed by atoms with E-state index >= 15 is 0 Å². The molecule has 2 atom stereocenters. The second kappa shape index (κ2) is 9.18. The number of hydrogen-bond donors (Lipinski definition) is 3. The zero-order valence-electron chi connectivity index (χ0n) is 16.7. The minimum Gasteiger partial charge on any atom is -0.508 e. The Morgan fingerprint density at radius 3 is 2.55 bits per heavy atom. The van der Waals surface area contributed by atoms with E-state index in [1.54, 1.807) is 24.3 Å². The van der Waals surface area contributed by atoms with Crippen LogP contribution < -0.4 is 15.4 Å². The molecule has 3 aromatic rings. The van der Waals surface area contributed by atoms with Crippen molar-refractivity contribution < 1.29 is 14.2 Å². The third kappa shape index (κ3) is 4.64. The Hall–Kier alpha value is -2.73. The molecule has 3 aromatic carbocycles. The molecule has 0 amide bonds. The van der Waals surface area contributed by atoms with Gasteiger partial charge in [0.25, 0.3) is 0 Å². The SMILES string of the molecule is CCOc1ccc(C2=CC(c3cc(Cl)ccc3O)NC(c3c(F)cccc3Cl)N2)cc1. The first-order valence-electron chi connectivity index (χ1n) is 9.86. The normalized spacial score (nSPS) is 18.3. The van der Waals surface area contributed by atoms with Gasteiger partial charge < -0.3 is 15.2 Å². The molecule has 31 heavy (non-hydrogen) atoms. The summed E-state index contributed by atoms with van der Waals surface area (Å²) < 4.78 is 20.2. The van der Waals surface area contributed by atoms with Crippen molar-refractivity contribution in [1.29, 1.82) is 0 Å². The van der Waals surface area contributed by atoms with Gasteiger partial charge in [-0.3, -0.25) is 5.32 Å². The molecule has 2 unspecified atom stereocenters. The molecule has 160 valence electrons. The van der Waals surface area contributed by atoms with Crippen molar-refractivity contribution in [3.63, 3.8) is 0 Å². The molecule has 0 bridgehead atoms. The number of phenols is 1. The predicted octanol–water partition coefficient (Wildman–Crippen LogP) is 6.21. The third-order valence-corrected chi connectivity index (χ3v) is 5.63. The van der Waals surface area contributed by atoms with Gasteiger partial charge in [0.05, 0.1) is 17.7 Å². The molecule has 1 aliphatic heterocycles. The van der Waals surface area contributed by atoms with Crippen LogP contribution in [0, 0.1) is 5.82 Å². The van der Waals surface area contributed by atoms with Gasteiger partial charge in [-0.15, -0.1) is 0 Å². The molecule has 0 aliphatic carbocycles. The number of ether oxygens (including phenoxy) is 1. The number of rotatable bonds is 5. The van der Waals surface area contributed by atoms with E-state index in [1.165, 1.54) is 12.1 Å². The van der Waals surface area contributed by atoms with Crippen LogP contribution in [0.15, 0.2) is 66.7 Å². The summed E-state index contributed by atoms with van der Waals surface area (Å²) in [4.78, 5) is 0. The lowest BCUT2D eigenvalue weighted by Gasteiger charge is -2.34. The Kier molecular flexibility index (Phi) is 6.37. The van der Waals surface area contributed by atoms with Gasteiger partial charge >= 0.3 is 0 Å². The van der Waals surface area contributed by atoms with Gasteiger partial charge in [0.15, 0.2) is 0 Å². The highest BCUT2D eigenvalue weighted by Gasteiger charge is 2.28. The molecule has 4 rings (SSSR count). The van der Waals surface area contributed by atoms with Crippen LogP contribution >= 0.6 is 23.2 Å². The maximum absolute atomic E-state index is 14.7. The van der Waals surface area contributed by atoms with Crippen molar-refractivity contribution in [3.05, 3.63) is 99.3 Å². The Bertz CT molecular complexity index is 1100. The summed E-state index contributed by atoms with van der Waals surface area (Å²) in [5.74, 6) is 0.419. The largest absolute Gasteiger partial charge is 0.508 e. The van der Waals surface area contributed by atoms with Crippen molar-refractivity contribution in [1.82, 2.24) is 10.6 Å². The van der Waals surface area contributed by atoms with Gasteiger partial charge in [-0.1, -0.05) is 29.3 Å². The van der Waals surface area contributed by atoms with Crippen LogP contribution in [0.4, 0.5) is 4.39 Å². The first-order valence-corrected chi connectivity index (χ1v) is 10.6. The van der Waals surface area contributed by atoms with Gasteiger partial charge in [-0.25, -0.2) is 4.39 Å². The first kappa shape index (κ1) is 21.5. The predicted molar refractivity (Wildman–Crippen MR) is 122 cm³/mol. The first-order chi connectivity index (χ1) is 15.0. The second-order valence-electron chi connectivity index (χ2n) is 7.10. The maximum atomic E-state index is 14.7. The molecule has 1 aliphatic rings. The van der Waals surface area contributed by atoms with Gasteiger partial charge in [-0.2, -0.15) is 0 Å². The monoisotopic (exact) mass is 458 g/mol. The highest BCUT2D eigenvalue weighted by Crippen LogP contribution is 2.36. The van der Waals surface area contributed by atoms with E-state index in [9.17, 15) is 9.50 Å². The third-order valence-electron chi connectivity index (χ3n) is 5.07. The fourth-order valence-corrected chi connectivity index (χ4v) is 4.07. The van der Waals surface area contributed by atoms with Crippen LogP contribution in [0.2, 0.25) is 10.0 Å². The zero-order valence-corrected chi connectivity index (χ0v) is 18.2. The van der Waals surface area contributed by atoms with Crippen LogP contribution in [0.25, 0.3) is 5.70 Å². The number of phenolic OH excluding ortho intramolecular Hbond substituents is 1. The molecule has 4 nitrogen and oxygen atoms in total. The summed E-state index contributed by atoms with van der Waals surface area (Å²) in [7, 11) is 0. The summed E-state index contributed by atoms with van der Waals surface area (Å²) in [6, 6.07) is 16.6. The minimum absolute atomic E-state index is 0.0875. The lowest BCUT2D eigenvalue weighted by atomic mass is 9.97. The second-order valence-corrected chi connectivity index (χ2v) is 7.94. The summed E-state index contributed by atoms with van der Waals surface area (Å²) in [6.07, 6.45) is 1.29. The number of hydrogen-bond acceptors (Lipinski definition) is 4. The molecule has 3 N–H and O–H groups in total. The molecule has 1 heterocycles. The lowest BCUT2D eigenvalue weighted by Crippen LogP contribution is -2.40. The average Bonchev–Trinajstić information content (AvgIpc) is 2.76. The smallest absolute Gasteiger partial charge is 0.131 e. The molecule has 0 radical (unpaired) electrons. The number of halogens is 3. The van der Waals surface area contributed by atoms with E-state index in [1.807, 2.05) is 37.3 Å². The quantitative estimate of drug-likeness (QED) is 0.425. The van der Waals surface area contributed by atoms with E-state index in [0.29, 0.717) is 27.8 Å². The molecule has 0 saturated heterocycles. The van der Waals surface area contributed by atoms with Gasteiger partial charge in [0, 0.05) is 21.8 Å². The van der Waals surface area contributed by atoms with Crippen LogP contribution in [0.5, 0.6) is 11.5 Å². The van der Waals surface area contributed by atoms with Crippen molar-refractivity contribution in [2.24, 2.45) is 0 Å². The minimum atomic E-state index is -0.636. The van der Waals surface area contributed by atoms with Crippen LogP contribution in [-0.2, 0) is 0 Å². The van der Waals surface area contributed by atoms with E-state index < -0.39 is 18.0 Å². The van der Waals surface area contributed by atoms with Crippen LogP contribution in [0.3, 0.4) is 0 Å². The summed E-state index contributed by atoms with van der Waals surface area (Å²) >= 11 is 12.5. The van der Waals surface area contributed by atoms with E-state index in [0.717, 1.165) is 17.0 Å². The van der Waals surface area contributed by atoms with Crippen LogP contribution in [0.1, 0.15) is 35.8 Å². The molecular weight excluding hydrogens is 438 g/mol. The summed E-state index contributed by atoms with van der Waals surface area (Å²) in [5.41, 5.74) is 2.52. The van der Waals surface area contributed by atoms with Crippen LogP contribution in [-0.4, -0.2) is 11.7 Å². The lowest BCUT2D eigenvalue weighted by molar-refractivity contribution is 0.340. The molecule has 0 fully saturated rings. The van der Waals surface area contributed by atoms with Gasteiger partial charge in [0.2, 0.25) is 0 Å². The van der Waals surface area contributed by atoms with Crippen molar-refractivity contribution in [2.45, 2.75) is 19.1 Å². The summed E-state index contributed by atoms with van der Waals surface area (Å²) in [5, 5.41) is 17.9. The fraction of sp³-hybridized carbons (Fsp3) is 0.167. The van der Waals surface area contributed by atoms with E-state index in [-0.39, 0.29) is 5.75 Å². The Balaban J connectivity index is 1.78. The van der Waals surface area contributed by atoms with E-state index in [2.05, 4.69) is 10.6 Å². The standard InChI is InChI=1S/C24H21Cl2FN2O2/c1-2-31-16-9-6-14(7-10-16)20-13-21(17-12-15(25)8-11-22(17)30)29-24(28-20)23-18(26)4-3-5-19(23)27/h3-13,21,24,28-30H,2H2,1H3. The molecule has 0 spiro atoms. The zero-order chi connectivity index (χ0) is 22.0. The summed E-state index contributed by atoms with van der Waals surface area (Å²) in [6.45, 7) is 2.50. The Morgan fingerprint density at radius 1 is 1.06 bits per heavy atom. The van der Waals surface area contributed by atoms with Crippen molar-refractivity contribution in [2.75, 3.05) is 6.61 Å². The van der Waals surface area contributed by atoms with Crippen molar-refractivity contribution in [3.8, 4) is 11.5 Å². The maximum Gasteiger partial charge on any atom is 0.131 e. The fourth-order valence-electron chi connectivity index (χ4n) is 3.61. The average molecular weight is 459 g/mol. The highest BCUT2D eigenvalue weighted by molar-refractivity contribution is 6.31. The highest BCUT2D eigenvalue weighted by atomic mass is 35.5. The number of nitrogens with one attached hydrogen (secondary N) is 2. The molecule has 0 aromatic heterocycles. The number of aromatic hydroxyl groups is 1.